The summed E-state index contributed by atoms with van der Waals surface area (Å²) < 4.78 is 34.0. The lowest BCUT2D eigenvalue weighted by atomic mass is 10.2. The molecular formula is C27H26FN9O3. The molecule has 0 radical (unpaired) electrons. The number of nitrogens with one attached hydrogen (secondary N) is 2. The van der Waals surface area contributed by atoms with E-state index in [2.05, 4.69) is 35.9 Å². The number of halogens is 1. The average Bonchev–Trinajstić information content (AvgIpc) is 3.40. The first-order chi connectivity index (χ1) is 19.5. The SMILES string of the molecule is COc1cc2ncnc(Nc3ccc(Oc4ccn(-c5ccc(N(C)C)nn5)n4)cc3F)c2cc1OC1CNC1. The molecule has 1 aliphatic heterocycles. The lowest BCUT2D eigenvalue weighted by Gasteiger charge is -2.28. The van der Waals surface area contributed by atoms with Gasteiger partial charge in [-0.2, -0.15) is 0 Å². The number of methoxy groups -OCH3 is 1. The van der Waals surface area contributed by atoms with Crippen LogP contribution < -0.4 is 29.7 Å². The highest BCUT2D eigenvalue weighted by molar-refractivity contribution is 5.93. The second-order valence-corrected chi connectivity index (χ2v) is 9.25. The molecule has 0 bridgehead atoms. The molecule has 13 heteroatoms. The molecule has 0 aliphatic carbocycles. The largest absolute Gasteiger partial charge is 0.493 e. The molecule has 40 heavy (non-hydrogen) atoms. The molecule has 0 spiro atoms. The standard InChI is InChI=1S/C27H26FN9O3/c1-36(2)24-6-7-25(34-33-24)37-9-8-26(35-37)40-16-4-5-20(19(28)10-16)32-27-18-11-23(39-17-13-29-14-17)22(38-3)12-21(18)30-15-31-27/h4-12,15,17,29H,13-14H2,1-3H3,(H,30,31,32). The van der Waals surface area contributed by atoms with Gasteiger partial charge < -0.3 is 29.7 Å². The molecule has 0 saturated carbocycles. The van der Waals surface area contributed by atoms with Crippen molar-refractivity contribution in [2.75, 3.05) is 44.5 Å². The Morgan fingerprint density at radius 1 is 1.02 bits per heavy atom. The van der Waals surface area contributed by atoms with E-state index < -0.39 is 5.82 Å². The van der Waals surface area contributed by atoms with Crippen molar-refractivity contribution in [3.05, 3.63) is 66.9 Å². The van der Waals surface area contributed by atoms with Gasteiger partial charge in [-0.05, 0) is 30.3 Å². The molecule has 4 heterocycles. The van der Waals surface area contributed by atoms with Gasteiger partial charge in [0.2, 0.25) is 5.88 Å². The average molecular weight is 544 g/mol. The normalized spacial score (nSPS) is 13.1. The van der Waals surface area contributed by atoms with Crippen molar-refractivity contribution in [2.24, 2.45) is 0 Å². The van der Waals surface area contributed by atoms with Crippen LogP contribution in [0.25, 0.3) is 16.7 Å². The predicted molar refractivity (Wildman–Crippen MR) is 147 cm³/mol. The Kier molecular flexibility index (Phi) is 6.70. The number of ether oxygens (including phenoxy) is 3. The number of fused-ring (bicyclic) bond motifs is 1. The van der Waals surface area contributed by atoms with Gasteiger partial charge in [-0.1, -0.05) is 0 Å². The number of nitrogens with zero attached hydrogens (tertiary/aromatic N) is 7. The fourth-order valence-electron chi connectivity index (χ4n) is 4.02. The van der Waals surface area contributed by atoms with Crippen molar-refractivity contribution in [1.29, 1.82) is 0 Å². The van der Waals surface area contributed by atoms with Crippen LogP contribution in [0.2, 0.25) is 0 Å². The van der Waals surface area contributed by atoms with Gasteiger partial charge in [0, 0.05) is 57.0 Å². The van der Waals surface area contributed by atoms with Crippen LogP contribution >= 0.6 is 0 Å². The van der Waals surface area contributed by atoms with Gasteiger partial charge in [0.25, 0.3) is 0 Å². The number of anilines is 3. The molecule has 6 rings (SSSR count). The zero-order valence-electron chi connectivity index (χ0n) is 22.0. The molecule has 0 atom stereocenters. The highest BCUT2D eigenvalue weighted by atomic mass is 19.1. The van der Waals surface area contributed by atoms with E-state index >= 15 is 4.39 Å². The first-order valence-electron chi connectivity index (χ1n) is 12.5. The second kappa shape index (κ2) is 10.6. The summed E-state index contributed by atoms with van der Waals surface area (Å²) in [5.74, 6) is 2.86. The first kappa shape index (κ1) is 25.2. The van der Waals surface area contributed by atoms with E-state index in [9.17, 15) is 0 Å². The van der Waals surface area contributed by atoms with Gasteiger partial charge in [0.05, 0.1) is 18.3 Å². The summed E-state index contributed by atoms with van der Waals surface area (Å²) in [5, 5.41) is 19.6. The summed E-state index contributed by atoms with van der Waals surface area (Å²) in [6.07, 6.45) is 3.15. The molecule has 3 aromatic heterocycles. The van der Waals surface area contributed by atoms with E-state index in [0.717, 1.165) is 18.9 Å². The van der Waals surface area contributed by atoms with Crippen LogP contribution in [-0.4, -0.2) is 70.3 Å². The Morgan fingerprint density at radius 3 is 2.60 bits per heavy atom. The summed E-state index contributed by atoms with van der Waals surface area (Å²) in [6.45, 7) is 1.52. The monoisotopic (exact) mass is 543 g/mol. The van der Waals surface area contributed by atoms with Crippen LogP contribution in [0.4, 0.5) is 21.7 Å². The molecule has 1 saturated heterocycles. The molecule has 1 aliphatic rings. The third-order valence-electron chi connectivity index (χ3n) is 6.27. The van der Waals surface area contributed by atoms with Crippen molar-refractivity contribution in [1.82, 2.24) is 35.3 Å². The maximum atomic E-state index is 15.1. The Labute approximate surface area is 228 Å². The summed E-state index contributed by atoms with van der Waals surface area (Å²) in [5.41, 5.74) is 0.848. The number of aromatic nitrogens is 6. The molecule has 1 fully saturated rings. The first-order valence-corrected chi connectivity index (χ1v) is 12.5. The smallest absolute Gasteiger partial charge is 0.238 e. The van der Waals surface area contributed by atoms with E-state index in [1.165, 1.54) is 17.1 Å². The lowest BCUT2D eigenvalue weighted by molar-refractivity contribution is 0.137. The van der Waals surface area contributed by atoms with Gasteiger partial charge >= 0.3 is 0 Å². The minimum atomic E-state index is -0.528. The topological polar surface area (TPSA) is 124 Å². The summed E-state index contributed by atoms with van der Waals surface area (Å²) in [7, 11) is 5.35. The maximum absolute atomic E-state index is 15.1. The fraction of sp³-hybridized carbons (Fsp3) is 0.222. The second-order valence-electron chi connectivity index (χ2n) is 9.25. The Balaban J connectivity index is 1.20. The molecule has 2 N–H and O–H groups in total. The number of rotatable bonds is 9. The van der Waals surface area contributed by atoms with Crippen LogP contribution in [0.5, 0.6) is 23.1 Å². The van der Waals surface area contributed by atoms with Gasteiger partial charge in [-0.15, -0.1) is 15.3 Å². The van der Waals surface area contributed by atoms with E-state index in [-0.39, 0.29) is 23.4 Å². The van der Waals surface area contributed by atoms with E-state index in [1.54, 1.807) is 49.7 Å². The number of benzene rings is 2. The molecule has 12 nitrogen and oxygen atoms in total. The Hall–Kier alpha value is -5.04. The summed E-state index contributed by atoms with van der Waals surface area (Å²) in [6, 6.07) is 13.4. The van der Waals surface area contributed by atoms with Crippen molar-refractivity contribution >= 4 is 28.2 Å². The zero-order valence-corrected chi connectivity index (χ0v) is 22.0. The third kappa shape index (κ3) is 5.14. The van der Waals surface area contributed by atoms with Crippen LogP contribution in [0.3, 0.4) is 0 Å². The van der Waals surface area contributed by atoms with Gasteiger partial charge in [0.15, 0.2) is 23.1 Å². The quantitative estimate of drug-likeness (QED) is 0.283. The molecule has 2 aromatic carbocycles. The van der Waals surface area contributed by atoms with E-state index in [0.29, 0.717) is 34.0 Å². The highest BCUT2D eigenvalue weighted by Gasteiger charge is 2.21. The van der Waals surface area contributed by atoms with Crippen LogP contribution in [0, 0.1) is 5.82 Å². The maximum Gasteiger partial charge on any atom is 0.238 e. The molecule has 204 valence electrons. The van der Waals surface area contributed by atoms with Gasteiger partial charge in [-0.3, -0.25) is 0 Å². The van der Waals surface area contributed by atoms with Crippen molar-refractivity contribution in [2.45, 2.75) is 6.10 Å². The van der Waals surface area contributed by atoms with E-state index in [4.69, 9.17) is 14.2 Å². The lowest BCUT2D eigenvalue weighted by Crippen LogP contribution is -2.50. The predicted octanol–water partition coefficient (Wildman–Crippen LogP) is 3.71. The van der Waals surface area contributed by atoms with Crippen LogP contribution in [0.15, 0.2) is 61.1 Å². The number of hydrogen-bond donors (Lipinski definition) is 2. The van der Waals surface area contributed by atoms with Gasteiger partial charge in [-0.25, -0.2) is 19.0 Å². The number of hydrogen-bond acceptors (Lipinski definition) is 11. The fourth-order valence-corrected chi connectivity index (χ4v) is 4.02. The van der Waals surface area contributed by atoms with Gasteiger partial charge in [0.1, 0.15) is 29.8 Å². The van der Waals surface area contributed by atoms with E-state index in [1.807, 2.05) is 25.1 Å². The van der Waals surface area contributed by atoms with Crippen molar-refractivity contribution in [3.8, 4) is 28.9 Å². The summed E-state index contributed by atoms with van der Waals surface area (Å²) >= 11 is 0. The van der Waals surface area contributed by atoms with Crippen LogP contribution in [0.1, 0.15) is 0 Å². The van der Waals surface area contributed by atoms with Crippen molar-refractivity contribution < 1.29 is 18.6 Å². The third-order valence-corrected chi connectivity index (χ3v) is 6.27. The van der Waals surface area contributed by atoms with Crippen molar-refractivity contribution in [3.63, 3.8) is 0 Å². The molecule has 5 aromatic rings. The Morgan fingerprint density at radius 2 is 1.90 bits per heavy atom. The highest BCUT2D eigenvalue weighted by Crippen LogP contribution is 2.36. The summed E-state index contributed by atoms with van der Waals surface area (Å²) in [4.78, 5) is 10.5. The van der Waals surface area contributed by atoms with Crippen LogP contribution in [-0.2, 0) is 0 Å². The zero-order chi connectivity index (χ0) is 27.6. The molecule has 0 unspecified atom stereocenters. The molecule has 0 amide bonds. The minimum absolute atomic E-state index is 0.0559. The Bertz CT molecular complexity index is 1660. The molecular weight excluding hydrogens is 517 g/mol. The minimum Gasteiger partial charge on any atom is -0.493 e.